The summed E-state index contributed by atoms with van der Waals surface area (Å²) in [6.07, 6.45) is 0.257. The predicted molar refractivity (Wildman–Crippen MR) is 122 cm³/mol. The van der Waals surface area contributed by atoms with Gasteiger partial charge in [-0.1, -0.05) is 24.3 Å². The first-order chi connectivity index (χ1) is 15.6. The highest BCUT2D eigenvalue weighted by Crippen LogP contribution is 2.29. The standard InChI is InChI=1S/C26H28F2N2O2/c1-31-22-5-4-6-23(19-22)32-26(24-7-2-3-8-25(24)28)13-14-29-15-17-30(18-16-29)21-11-9-20(27)10-12-21/h2-12,19,26H,13-18H2,1H3. The molecule has 4 rings (SSSR count). The molecule has 0 aromatic heterocycles. The second-order valence-corrected chi connectivity index (χ2v) is 7.90. The molecule has 1 saturated heterocycles. The van der Waals surface area contributed by atoms with Gasteiger partial charge in [-0.05, 0) is 42.5 Å². The lowest BCUT2D eigenvalue weighted by Gasteiger charge is -2.36. The van der Waals surface area contributed by atoms with Gasteiger partial charge >= 0.3 is 0 Å². The van der Waals surface area contributed by atoms with E-state index >= 15 is 0 Å². The van der Waals surface area contributed by atoms with Gasteiger partial charge in [-0.2, -0.15) is 0 Å². The Hall–Kier alpha value is -3.12. The zero-order valence-electron chi connectivity index (χ0n) is 18.2. The molecule has 1 unspecified atom stereocenters. The third-order valence-electron chi connectivity index (χ3n) is 5.84. The molecule has 6 heteroatoms. The van der Waals surface area contributed by atoms with E-state index in [1.54, 1.807) is 19.2 Å². The average Bonchev–Trinajstić information content (AvgIpc) is 2.83. The second kappa shape index (κ2) is 10.5. The van der Waals surface area contributed by atoms with Gasteiger partial charge in [0, 0.05) is 56.5 Å². The first kappa shape index (κ1) is 22.1. The molecule has 0 N–H and O–H groups in total. The molecule has 1 fully saturated rings. The van der Waals surface area contributed by atoms with Crippen molar-refractivity contribution in [3.05, 3.63) is 90.0 Å². The Morgan fingerprint density at radius 2 is 1.56 bits per heavy atom. The zero-order chi connectivity index (χ0) is 22.3. The van der Waals surface area contributed by atoms with Crippen molar-refractivity contribution in [1.82, 2.24) is 4.90 Å². The molecular weight excluding hydrogens is 410 g/mol. The molecule has 0 saturated carbocycles. The highest BCUT2D eigenvalue weighted by Gasteiger charge is 2.22. The van der Waals surface area contributed by atoms with Crippen LogP contribution in [0.25, 0.3) is 0 Å². The summed E-state index contributed by atoms with van der Waals surface area (Å²) in [5.74, 6) is 0.870. The summed E-state index contributed by atoms with van der Waals surface area (Å²) < 4.78 is 39.3. The molecule has 0 amide bonds. The van der Waals surface area contributed by atoms with Crippen molar-refractivity contribution in [3.8, 4) is 11.5 Å². The third kappa shape index (κ3) is 5.56. The van der Waals surface area contributed by atoms with E-state index in [4.69, 9.17) is 9.47 Å². The maximum Gasteiger partial charge on any atom is 0.130 e. The van der Waals surface area contributed by atoms with Crippen LogP contribution in [-0.2, 0) is 0 Å². The second-order valence-electron chi connectivity index (χ2n) is 7.90. The highest BCUT2D eigenvalue weighted by molar-refractivity contribution is 5.46. The monoisotopic (exact) mass is 438 g/mol. The molecule has 168 valence electrons. The molecule has 4 nitrogen and oxygen atoms in total. The molecule has 1 atom stereocenters. The molecule has 1 aliphatic rings. The Balaban J connectivity index is 1.39. The van der Waals surface area contributed by atoms with E-state index in [1.807, 2.05) is 42.5 Å². The van der Waals surface area contributed by atoms with Gasteiger partial charge in [0.05, 0.1) is 7.11 Å². The number of hydrogen-bond acceptors (Lipinski definition) is 4. The van der Waals surface area contributed by atoms with Gasteiger partial charge in [-0.3, -0.25) is 4.90 Å². The lowest BCUT2D eigenvalue weighted by molar-refractivity contribution is 0.156. The number of halogens is 2. The summed E-state index contributed by atoms with van der Waals surface area (Å²) in [5.41, 5.74) is 1.59. The van der Waals surface area contributed by atoms with Crippen LogP contribution in [0, 0.1) is 11.6 Å². The third-order valence-corrected chi connectivity index (χ3v) is 5.84. The molecule has 1 aliphatic heterocycles. The number of benzene rings is 3. The summed E-state index contributed by atoms with van der Waals surface area (Å²) in [6, 6.07) is 20.8. The van der Waals surface area contributed by atoms with Crippen LogP contribution < -0.4 is 14.4 Å². The van der Waals surface area contributed by atoms with Crippen molar-refractivity contribution in [2.75, 3.05) is 44.7 Å². The Bertz CT molecular complexity index is 1000. The number of ether oxygens (including phenoxy) is 2. The molecule has 3 aromatic carbocycles. The number of hydrogen-bond donors (Lipinski definition) is 0. The van der Waals surface area contributed by atoms with Crippen molar-refractivity contribution in [3.63, 3.8) is 0 Å². The smallest absolute Gasteiger partial charge is 0.130 e. The van der Waals surface area contributed by atoms with Crippen LogP contribution in [0.5, 0.6) is 11.5 Å². The van der Waals surface area contributed by atoms with Crippen molar-refractivity contribution < 1.29 is 18.3 Å². The van der Waals surface area contributed by atoms with Gasteiger partial charge < -0.3 is 14.4 Å². The summed E-state index contributed by atoms with van der Waals surface area (Å²) >= 11 is 0. The predicted octanol–water partition coefficient (Wildman–Crippen LogP) is 5.31. The van der Waals surface area contributed by atoms with Crippen LogP contribution in [-0.4, -0.2) is 44.7 Å². The Labute approximate surface area is 188 Å². The number of methoxy groups -OCH3 is 1. The maximum atomic E-state index is 14.6. The fourth-order valence-electron chi connectivity index (χ4n) is 4.03. The lowest BCUT2D eigenvalue weighted by atomic mass is 10.0. The van der Waals surface area contributed by atoms with Crippen LogP contribution in [0.4, 0.5) is 14.5 Å². The van der Waals surface area contributed by atoms with E-state index < -0.39 is 6.10 Å². The normalized spacial score (nSPS) is 15.4. The molecule has 1 heterocycles. The fourth-order valence-corrected chi connectivity index (χ4v) is 4.03. The van der Waals surface area contributed by atoms with Crippen molar-refractivity contribution in [1.29, 1.82) is 0 Å². The minimum atomic E-state index is -0.404. The van der Waals surface area contributed by atoms with Gasteiger partial charge in [-0.25, -0.2) is 8.78 Å². The Morgan fingerprint density at radius 1 is 0.844 bits per heavy atom. The van der Waals surface area contributed by atoms with E-state index in [-0.39, 0.29) is 11.6 Å². The van der Waals surface area contributed by atoms with E-state index in [0.717, 1.165) is 38.4 Å². The van der Waals surface area contributed by atoms with Crippen molar-refractivity contribution in [2.24, 2.45) is 0 Å². The first-order valence-corrected chi connectivity index (χ1v) is 10.9. The Morgan fingerprint density at radius 3 is 2.28 bits per heavy atom. The summed E-state index contributed by atoms with van der Waals surface area (Å²) in [6.45, 7) is 4.31. The maximum absolute atomic E-state index is 14.6. The molecule has 0 bridgehead atoms. The van der Waals surface area contributed by atoms with E-state index in [9.17, 15) is 8.78 Å². The number of rotatable bonds is 8. The summed E-state index contributed by atoms with van der Waals surface area (Å²) in [7, 11) is 1.61. The van der Waals surface area contributed by atoms with Crippen LogP contribution >= 0.6 is 0 Å². The molecule has 0 spiro atoms. The number of nitrogens with zero attached hydrogens (tertiary/aromatic N) is 2. The quantitative estimate of drug-likeness (QED) is 0.476. The number of piperazine rings is 1. The first-order valence-electron chi connectivity index (χ1n) is 10.9. The van der Waals surface area contributed by atoms with E-state index in [0.29, 0.717) is 23.5 Å². The zero-order valence-corrected chi connectivity index (χ0v) is 18.2. The highest BCUT2D eigenvalue weighted by atomic mass is 19.1. The molecule has 0 radical (unpaired) electrons. The van der Waals surface area contributed by atoms with Crippen molar-refractivity contribution in [2.45, 2.75) is 12.5 Å². The molecule has 3 aromatic rings. The van der Waals surface area contributed by atoms with E-state index in [2.05, 4.69) is 9.80 Å². The summed E-state index contributed by atoms with van der Waals surface area (Å²) in [4.78, 5) is 4.62. The molecular formula is C26H28F2N2O2. The molecule has 32 heavy (non-hydrogen) atoms. The van der Waals surface area contributed by atoms with Crippen LogP contribution in [0.2, 0.25) is 0 Å². The molecule has 0 aliphatic carbocycles. The average molecular weight is 439 g/mol. The minimum Gasteiger partial charge on any atom is -0.497 e. The van der Waals surface area contributed by atoms with Crippen molar-refractivity contribution >= 4 is 5.69 Å². The lowest BCUT2D eigenvalue weighted by Crippen LogP contribution is -2.46. The fraction of sp³-hybridized carbons (Fsp3) is 0.308. The number of anilines is 1. The van der Waals surface area contributed by atoms with Gasteiger partial charge in [0.2, 0.25) is 0 Å². The van der Waals surface area contributed by atoms with Crippen LogP contribution in [0.1, 0.15) is 18.1 Å². The Kier molecular flexibility index (Phi) is 7.22. The summed E-state index contributed by atoms with van der Waals surface area (Å²) in [5, 5.41) is 0. The van der Waals surface area contributed by atoms with Crippen LogP contribution in [0.15, 0.2) is 72.8 Å². The van der Waals surface area contributed by atoms with Gasteiger partial charge in [-0.15, -0.1) is 0 Å². The minimum absolute atomic E-state index is 0.220. The topological polar surface area (TPSA) is 24.9 Å². The van der Waals surface area contributed by atoms with Gasteiger partial charge in [0.15, 0.2) is 0 Å². The van der Waals surface area contributed by atoms with Gasteiger partial charge in [0.1, 0.15) is 29.2 Å². The SMILES string of the molecule is COc1cccc(OC(CCN2CCN(c3ccc(F)cc3)CC2)c2ccccc2F)c1. The van der Waals surface area contributed by atoms with Crippen LogP contribution in [0.3, 0.4) is 0 Å². The van der Waals surface area contributed by atoms with E-state index in [1.165, 1.54) is 18.2 Å². The largest absolute Gasteiger partial charge is 0.497 e. The van der Waals surface area contributed by atoms with Gasteiger partial charge in [0.25, 0.3) is 0 Å².